The Labute approximate surface area is 311 Å². The van der Waals surface area contributed by atoms with Crippen molar-refractivity contribution in [3.63, 3.8) is 0 Å². The van der Waals surface area contributed by atoms with E-state index in [-0.39, 0.29) is 124 Å². The van der Waals surface area contributed by atoms with Crippen LogP contribution in [0.4, 0.5) is 0 Å². The molecule has 0 aromatic heterocycles. The van der Waals surface area contributed by atoms with Gasteiger partial charge in [0.2, 0.25) is 0 Å². The van der Waals surface area contributed by atoms with E-state index in [9.17, 15) is 30.6 Å². The SMILES string of the molecule is CCC(C)C([O-])CC([O-])C(C)(C)C.CCC(C)C([O-])CC([O-])C(C)(C)C.CCC(C)C([O-])CC([O-])C(C)(C)C.[La+3].[La+3]. The van der Waals surface area contributed by atoms with Gasteiger partial charge in [-0.1, -0.05) is 176 Å². The van der Waals surface area contributed by atoms with E-state index in [1.54, 1.807) is 0 Å². The third-order valence-corrected chi connectivity index (χ3v) is 8.07. The maximum Gasteiger partial charge on any atom is 3.00 e. The molecule has 0 amide bonds. The second-order valence-electron chi connectivity index (χ2n) is 15.0. The summed E-state index contributed by atoms with van der Waals surface area (Å²) in [5.74, 6) is 0.372. The molecule has 240 valence electrons. The Morgan fingerprint density at radius 3 is 0.634 bits per heavy atom. The topological polar surface area (TPSA) is 138 Å². The van der Waals surface area contributed by atoms with E-state index >= 15 is 0 Å². The number of rotatable bonds is 12. The van der Waals surface area contributed by atoms with Crippen LogP contribution in [0.25, 0.3) is 0 Å². The van der Waals surface area contributed by atoms with E-state index in [1.807, 2.05) is 104 Å². The van der Waals surface area contributed by atoms with E-state index in [0.29, 0.717) is 0 Å². The Hall–Kier alpha value is 2.15. The molecule has 9 atom stereocenters. The summed E-state index contributed by atoms with van der Waals surface area (Å²) in [7, 11) is 0. The Morgan fingerprint density at radius 2 is 0.537 bits per heavy atom. The fourth-order valence-corrected chi connectivity index (χ4v) is 3.18. The van der Waals surface area contributed by atoms with Crippen LogP contribution in [0, 0.1) is 105 Å². The predicted molar refractivity (Wildman–Crippen MR) is 153 cm³/mol. The quantitative estimate of drug-likeness (QED) is 0.297. The molecule has 0 saturated heterocycles. The molecule has 0 aromatic carbocycles. The van der Waals surface area contributed by atoms with Gasteiger partial charge in [-0.15, -0.1) is 36.6 Å². The molecule has 0 aliphatic heterocycles. The molecule has 0 saturated carbocycles. The summed E-state index contributed by atoms with van der Waals surface area (Å²) in [5, 5.41) is 69.3. The molecule has 0 rings (SSSR count). The van der Waals surface area contributed by atoms with Crippen LogP contribution in [-0.2, 0) is 0 Å². The van der Waals surface area contributed by atoms with Gasteiger partial charge in [0, 0.05) is 0 Å². The Balaban J connectivity index is -0.000000154. The van der Waals surface area contributed by atoms with Crippen molar-refractivity contribution in [3.05, 3.63) is 0 Å². The maximum absolute atomic E-state index is 11.6. The first-order valence-electron chi connectivity index (χ1n) is 15.3. The smallest absolute Gasteiger partial charge is 0.852 e. The number of hydrogen-bond donors (Lipinski definition) is 0. The van der Waals surface area contributed by atoms with Crippen LogP contribution in [0.15, 0.2) is 0 Å². The van der Waals surface area contributed by atoms with E-state index in [4.69, 9.17) is 0 Å². The van der Waals surface area contributed by atoms with Crippen LogP contribution in [0.2, 0.25) is 0 Å². The van der Waals surface area contributed by atoms with Gasteiger partial charge in [-0.2, -0.15) is 0 Å². The minimum Gasteiger partial charge on any atom is -0.852 e. The van der Waals surface area contributed by atoms with Crippen LogP contribution in [0.3, 0.4) is 0 Å². The summed E-state index contributed by atoms with van der Waals surface area (Å²) in [6, 6.07) is 0. The van der Waals surface area contributed by atoms with Crippen LogP contribution >= 0.6 is 0 Å². The largest absolute Gasteiger partial charge is 3.00 e. The molecule has 0 N–H and O–H groups in total. The second-order valence-corrected chi connectivity index (χ2v) is 15.0. The van der Waals surface area contributed by atoms with Crippen molar-refractivity contribution in [2.24, 2.45) is 34.0 Å². The maximum atomic E-state index is 11.6. The van der Waals surface area contributed by atoms with Crippen LogP contribution in [-0.4, -0.2) is 36.6 Å². The van der Waals surface area contributed by atoms with Gasteiger partial charge in [-0.25, -0.2) is 0 Å². The van der Waals surface area contributed by atoms with Crippen molar-refractivity contribution >= 4 is 0 Å². The van der Waals surface area contributed by atoms with Gasteiger partial charge >= 0.3 is 71.2 Å². The monoisotopic (exact) mass is 836 g/mol. The van der Waals surface area contributed by atoms with Crippen molar-refractivity contribution in [1.82, 2.24) is 0 Å². The van der Waals surface area contributed by atoms with E-state index in [1.165, 1.54) is 0 Å². The third-order valence-electron chi connectivity index (χ3n) is 8.07. The summed E-state index contributed by atoms with van der Waals surface area (Å²) in [6.07, 6.45) is -0.876. The molecule has 0 aromatic rings. The summed E-state index contributed by atoms with van der Waals surface area (Å²) in [6.45, 7) is 28.8. The number of hydrogen-bond acceptors (Lipinski definition) is 6. The first kappa shape index (κ1) is 52.7. The molecule has 0 aliphatic carbocycles. The van der Waals surface area contributed by atoms with Crippen molar-refractivity contribution in [2.75, 3.05) is 0 Å². The standard InChI is InChI=1S/3C11H22O2.2La/c3*1-6-8(2)9(12)7-10(13)11(3,4)5;;/h3*8-10H,6-7H2,1-5H3;;/q3*-2;2*+3. The van der Waals surface area contributed by atoms with Crippen LogP contribution in [0.1, 0.15) is 142 Å². The molecular formula is C33H66La2O6. The fraction of sp³-hybridized carbons (Fsp3) is 1.00. The molecule has 0 aliphatic rings. The van der Waals surface area contributed by atoms with Gasteiger partial charge in [-0.3, -0.25) is 0 Å². The minimum absolute atomic E-state index is 0. The van der Waals surface area contributed by atoms with Crippen molar-refractivity contribution in [1.29, 1.82) is 0 Å². The van der Waals surface area contributed by atoms with Gasteiger partial charge in [0.05, 0.1) is 0 Å². The van der Waals surface area contributed by atoms with Crippen molar-refractivity contribution in [2.45, 2.75) is 179 Å². The molecule has 9 unspecified atom stereocenters. The molecule has 0 spiro atoms. The third kappa shape index (κ3) is 27.0. The molecule has 0 heterocycles. The zero-order valence-corrected chi connectivity index (χ0v) is 36.8. The Morgan fingerprint density at radius 1 is 0.390 bits per heavy atom. The average molecular weight is 837 g/mol. The molecule has 6 nitrogen and oxygen atoms in total. The Kier molecular flexibility index (Phi) is 32.5. The van der Waals surface area contributed by atoms with E-state index < -0.39 is 36.6 Å². The first-order valence-corrected chi connectivity index (χ1v) is 15.3. The predicted octanol–water partition coefficient (Wildman–Crippen LogP) is 2.78. The van der Waals surface area contributed by atoms with Crippen molar-refractivity contribution in [3.8, 4) is 0 Å². The molecule has 0 fully saturated rings. The summed E-state index contributed by atoms with van der Waals surface area (Å²) in [5.41, 5.74) is -0.845. The normalized spacial score (nSPS) is 18.7. The van der Waals surface area contributed by atoms with Gasteiger partial charge in [0.15, 0.2) is 0 Å². The fourth-order valence-electron chi connectivity index (χ4n) is 3.18. The minimum atomic E-state index is -0.732. The van der Waals surface area contributed by atoms with Crippen LogP contribution < -0.4 is 30.6 Å². The zero-order chi connectivity index (χ0) is 31.9. The Bertz CT molecular complexity index is 505. The molecule has 41 heavy (non-hydrogen) atoms. The van der Waals surface area contributed by atoms with E-state index in [2.05, 4.69) is 0 Å². The van der Waals surface area contributed by atoms with Gasteiger partial charge < -0.3 is 30.6 Å². The molecule has 0 radical (unpaired) electrons. The van der Waals surface area contributed by atoms with Crippen molar-refractivity contribution < 1.29 is 102 Å². The van der Waals surface area contributed by atoms with E-state index in [0.717, 1.165) is 19.3 Å². The molecule has 0 bridgehead atoms. The summed E-state index contributed by atoms with van der Waals surface area (Å²) in [4.78, 5) is 0. The van der Waals surface area contributed by atoms with Crippen LogP contribution in [0.5, 0.6) is 0 Å². The summed E-state index contributed by atoms with van der Waals surface area (Å²) < 4.78 is 0. The zero-order valence-electron chi connectivity index (χ0n) is 29.5. The van der Waals surface area contributed by atoms with Gasteiger partial charge in [0.1, 0.15) is 0 Å². The first-order chi connectivity index (χ1) is 17.4. The molecule has 8 heteroatoms. The second kappa shape index (κ2) is 25.3. The van der Waals surface area contributed by atoms with Gasteiger partial charge in [0.25, 0.3) is 0 Å². The average Bonchev–Trinajstić information content (AvgIpc) is 2.80. The summed E-state index contributed by atoms with van der Waals surface area (Å²) >= 11 is 0. The van der Waals surface area contributed by atoms with Gasteiger partial charge in [-0.05, 0) is 0 Å². The molecular weight excluding hydrogens is 770 g/mol.